The second kappa shape index (κ2) is 6.55. The van der Waals surface area contributed by atoms with E-state index in [0.29, 0.717) is 6.54 Å². The fourth-order valence-electron chi connectivity index (χ4n) is 4.21. The van der Waals surface area contributed by atoms with Gasteiger partial charge in [0.1, 0.15) is 6.10 Å². The molecule has 2 heterocycles. The van der Waals surface area contributed by atoms with Crippen molar-refractivity contribution in [3.63, 3.8) is 0 Å². The first-order chi connectivity index (χ1) is 11.8. The minimum atomic E-state index is -0.122. The van der Waals surface area contributed by atoms with E-state index in [9.17, 15) is 4.79 Å². The molecule has 2 aliphatic rings. The number of hydrogen-bond donors (Lipinski definition) is 0. The van der Waals surface area contributed by atoms with Gasteiger partial charge >= 0.3 is 5.69 Å². The van der Waals surface area contributed by atoms with Crippen LogP contribution in [0.15, 0.2) is 35.1 Å². The second-order valence-electron chi connectivity index (χ2n) is 6.87. The zero-order valence-corrected chi connectivity index (χ0v) is 14.2. The van der Waals surface area contributed by atoms with Crippen molar-refractivity contribution < 1.29 is 4.74 Å². The molecule has 1 aromatic heterocycles. The molecule has 1 aliphatic heterocycles. The number of aromatic nitrogens is 3. The number of benzene rings is 1. The average molecular weight is 327 g/mol. The number of rotatable bonds is 4. The summed E-state index contributed by atoms with van der Waals surface area (Å²) in [5, 5.41) is 4.76. The lowest BCUT2D eigenvalue weighted by Gasteiger charge is -2.18. The number of hydrogen-bond acceptors (Lipinski definition) is 3. The zero-order valence-electron chi connectivity index (χ0n) is 14.2. The van der Waals surface area contributed by atoms with Crippen LogP contribution in [0.1, 0.15) is 68.5 Å². The maximum Gasteiger partial charge on any atom is 0.346 e. The summed E-state index contributed by atoms with van der Waals surface area (Å²) in [7, 11) is 0. The molecule has 4 rings (SSSR count). The second-order valence-corrected chi connectivity index (χ2v) is 6.87. The van der Waals surface area contributed by atoms with Crippen molar-refractivity contribution in [3.8, 4) is 0 Å². The van der Waals surface area contributed by atoms with Gasteiger partial charge in [0.25, 0.3) is 0 Å². The maximum atomic E-state index is 12.8. The summed E-state index contributed by atoms with van der Waals surface area (Å²) in [6.07, 6.45) is 5.36. The Labute approximate surface area is 142 Å². The van der Waals surface area contributed by atoms with Gasteiger partial charge < -0.3 is 4.74 Å². The van der Waals surface area contributed by atoms with Gasteiger partial charge in [-0.1, -0.05) is 43.2 Å². The summed E-state index contributed by atoms with van der Waals surface area (Å²) in [4.78, 5) is 12.8. The molecule has 0 N–H and O–H groups in total. The molecule has 5 nitrogen and oxygen atoms in total. The van der Waals surface area contributed by atoms with Crippen molar-refractivity contribution in [1.82, 2.24) is 14.3 Å². The first kappa shape index (κ1) is 15.6. The van der Waals surface area contributed by atoms with Crippen LogP contribution in [0, 0.1) is 0 Å². The lowest BCUT2D eigenvalue weighted by molar-refractivity contribution is 0.0932. The topological polar surface area (TPSA) is 49.0 Å². The summed E-state index contributed by atoms with van der Waals surface area (Å²) < 4.78 is 9.59. The minimum absolute atomic E-state index is 0.0294. The zero-order chi connectivity index (χ0) is 16.5. The van der Waals surface area contributed by atoms with Crippen molar-refractivity contribution in [3.05, 3.63) is 52.2 Å². The van der Waals surface area contributed by atoms with Crippen LogP contribution in [0.5, 0.6) is 0 Å². The first-order valence-corrected chi connectivity index (χ1v) is 9.15. The Bertz CT molecular complexity index is 744. The molecule has 2 fully saturated rings. The molecule has 2 atom stereocenters. The van der Waals surface area contributed by atoms with Gasteiger partial charge in [-0.15, -0.1) is 0 Å². The van der Waals surface area contributed by atoms with Gasteiger partial charge in [-0.3, -0.25) is 4.57 Å². The van der Waals surface area contributed by atoms with E-state index in [0.717, 1.165) is 31.7 Å². The molecule has 0 amide bonds. The van der Waals surface area contributed by atoms with Gasteiger partial charge in [0, 0.05) is 19.1 Å². The SMILES string of the molecule is CCn1c([C@H]2OCC[C@H]2c2ccccc2)nn(C2CCCC2)c1=O. The van der Waals surface area contributed by atoms with E-state index >= 15 is 0 Å². The molecular formula is C19H25N3O2. The van der Waals surface area contributed by atoms with Gasteiger partial charge in [-0.2, -0.15) is 5.10 Å². The molecule has 1 saturated carbocycles. The van der Waals surface area contributed by atoms with Crippen LogP contribution in [0.25, 0.3) is 0 Å². The molecule has 5 heteroatoms. The third-order valence-electron chi connectivity index (χ3n) is 5.47. The largest absolute Gasteiger partial charge is 0.370 e. The predicted octanol–water partition coefficient (Wildman–Crippen LogP) is 3.43. The normalized spacial score (nSPS) is 24.7. The molecule has 24 heavy (non-hydrogen) atoms. The smallest absolute Gasteiger partial charge is 0.346 e. The fourth-order valence-corrected chi connectivity index (χ4v) is 4.21. The maximum absolute atomic E-state index is 12.8. The summed E-state index contributed by atoms with van der Waals surface area (Å²) >= 11 is 0. The van der Waals surface area contributed by atoms with Crippen LogP contribution in [0.2, 0.25) is 0 Å². The molecule has 0 bridgehead atoms. The lowest BCUT2D eigenvalue weighted by atomic mass is 9.92. The lowest BCUT2D eigenvalue weighted by Crippen LogP contribution is -2.27. The first-order valence-electron chi connectivity index (χ1n) is 9.15. The monoisotopic (exact) mass is 327 g/mol. The Morgan fingerprint density at radius 2 is 1.92 bits per heavy atom. The van der Waals surface area contributed by atoms with Crippen molar-refractivity contribution in [2.45, 2.75) is 63.6 Å². The van der Waals surface area contributed by atoms with Crippen molar-refractivity contribution in [2.24, 2.45) is 0 Å². The molecule has 1 saturated heterocycles. The summed E-state index contributed by atoms with van der Waals surface area (Å²) in [6.45, 7) is 3.37. The fraction of sp³-hybridized carbons (Fsp3) is 0.579. The highest BCUT2D eigenvalue weighted by atomic mass is 16.5. The summed E-state index contributed by atoms with van der Waals surface area (Å²) in [5.74, 6) is 1.08. The highest BCUT2D eigenvalue weighted by molar-refractivity contribution is 5.23. The molecule has 0 spiro atoms. The van der Waals surface area contributed by atoms with E-state index in [2.05, 4.69) is 24.3 Å². The minimum Gasteiger partial charge on any atom is -0.370 e. The van der Waals surface area contributed by atoms with Gasteiger partial charge in [0.05, 0.1) is 6.04 Å². The average Bonchev–Trinajstić information content (AvgIpc) is 3.35. The quantitative estimate of drug-likeness (QED) is 0.864. The van der Waals surface area contributed by atoms with Crippen LogP contribution < -0.4 is 5.69 Å². The number of nitrogens with zero attached hydrogens (tertiary/aromatic N) is 3. The van der Waals surface area contributed by atoms with E-state index in [1.54, 1.807) is 4.68 Å². The highest BCUT2D eigenvalue weighted by Gasteiger charge is 2.36. The Kier molecular flexibility index (Phi) is 4.27. The molecular weight excluding hydrogens is 302 g/mol. The van der Waals surface area contributed by atoms with Gasteiger partial charge in [0.15, 0.2) is 5.82 Å². The van der Waals surface area contributed by atoms with Crippen LogP contribution in [-0.4, -0.2) is 21.0 Å². The predicted molar refractivity (Wildman–Crippen MR) is 92.2 cm³/mol. The summed E-state index contributed by atoms with van der Waals surface area (Å²) in [6, 6.07) is 10.7. The third kappa shape index (κ3) is 2.61. The van der Waals surface area contributed by atoms with Crippen LogP contribution in [0.3, 0.4) is 0 Å². The van der Waals surface area contributed by atoms with Crippen molar-refractivity contribution >= 4 is 0 Å². The Hall–Kier alpha value is -1.88. The van der Waals surface area contributed by atoms with Crippen LogP contribution in [-0.2, 0) is 11.3 Å². The molecule has 0 radical (unpaired) electrons. The van der Waals surface area contributed by atoms with E-state index < -0.39 is 0 Å². The number of ether oxygens (including phenoxy) is 1. The van der Waals surface area contributed by atoms with E-state index in [1.165, 1.54) is 18.4 Å². The van der Waals surface area contributed by atoms with Gasteiger partial charge in [-0.05, 0) is 31.7 Å². The Morgan fingerprint density at radius 1 is 1.17 bits per heavy atom. The van der Waals surface area contributed by atoms with E-state index in [-0.39, 0.29) is 23.8 Å². The standard InChI is InChI=1S/C19H25N3O2/c1-2-21-18(20-22(19(21)23)15-10-6-7-11-15)17-16(12-13-24-17)14-8-4-3-5-9-14/h3-5,8-9,15-17H,2,6-7,10-13H2,1H3/t16-,17-/m0/s1. The van der Waals surface area contributed by atoms with E-state index in [1.807, 2.05) is 17.6 Å². The molecule has 1 aliphatic carbocycles. The molecule has 1 aromatic carbocycles. The third-order valence-corrected chi connectivity index (χ3v) is 5.47. The highest BCUT2D eigenvalue weighted by Crippen LogP contribution is 2.41. The van der Waals surface area contributed by atoms with Gasteiger partial charge in [-0.25, -0.2) is 9.48 Å². The molecule has 0 unspecified atom stereocenters. The van der Waals surface area contributed by atoms with E-state index in [4.69, 9.17) is 9.84 Å². The Balaban J connectivity index is 1.72. The van der Waals surface area contributed by atoms with Crippen molar-refractivity contribution in [1.29, 1.82) is 0 Å². The van der Waals surface area contributed by atoms with Gasteiger partial charge in [0.2, 0.25) is 0 Å². The van der Waals surface area contributed by atoms with Crippen LogP contribution in [0.4, 0.5) is 0 Å². The van der Waals surface area contributed by atoms with Crippen LogP contribution >= 0.6 is 0 Å². The molecule has 128 valence electrons. The Morgan fingerprint density at radius 3 is 2.62 bits per heavy atom. The molecule has 2 aromatic rings. The summed E-state index contributed by atoms with van der Waals surface area (Å²) in [5.41, 5.74) is 1.30. The van der Waals surface area contributed by atoms with Crippen molar-refractivity contribution in [2.75, 3.05) is 6.61 Å².